The zero-order valence-corrected chi connectivity index (χ0v) is 13.9. The highest BCUT2D eigenvalue weighted by atomic mass is 32.2. The van der Waals surface area contributed by atoms with E-state index in [-0.39, 0.29) is 15.9 Å². The second-order valence-corrected chi connectivity index (χ2v) is 7.62. The number of hydrogen-bond acceptors (Lipinski definition) is 3. The number of sulfonamides is 1. The number of benzene rings is 1. The molecule has 6 heteroatoms. The molecular formula is C14H22N2O2S2. The average Bonchev–Trinajstić information content (AvgIpc) is 2.25. The van der Waals surface area contributed by atoms with Gasteiger partial charge in [-0.3, -0.25) is 0 Å². The summed E-state index contributed by atoms with van der Waals surface area (Å²) in [6, 6.07) is 4.78. The van der Waals surface area contributed by atoms with Gasteiger partial charge in [-0.05, 0) is 43.9 Å². The average molecular weight is 314 g/mol. The van der Waals surface area contributed by atoms with Gasteiger partial charge in [0.15, 0.2) is 0 Å². The highest BCUT2D eigenvalue weighted by molar-refractivity contribution is 7.89. The third-order valence-corrected chi connectivity index (χ3v) is 4.92. The van der Waals surface area contributed by atoms with Crippen molar-refractivity contribution in [3.05, 3.63) is 29.3 Å². The van der Waals surface area contributed by atoms with Gasteiger partial charge in [-0.25, -0.2) is 13.1 Å². The number of rotatable bonds is 6. The van der Waals surface area contributed by atoms with Gasteiger partial charge < -0.3 is 5.73 Å². The maximum Gasteiger partial charge on any atom is 0.241 e. The van der Waals surface area contributed by atoms with Crippen LogP contribution < -0.4 is 10.5 Å². The first-order chi connectivity index (χ1) is 9.13. The van der Waals surface area contributed by atoms with Gasteiger partial charge in [0.2, 0.25) is 10.0 Å². The molecule has 0 fully saturated rings. The molecule has 1 aromatic rings. The smallest absolute Gasteiger partial charge is 0.241 e. The van der Waals surface area contributed by atoms with Gasteiger partial charge in [-0.1, -0.05) is 32.1 Å². The van der Waals surface area contributed by atoms with Gasteiger partial charge in [0.05, 0.1) is 4.90 Å². The molecule has 0 spiro atoms. The summed E-state index contributed by atoms with van der Waals surface area (Å²) in [5.74, 6) is 0.436. The maximum atomic E-state index is 12.4. The molecule has 1 rings (SSSR count). The number of nitrogens with one attached hydrogen (secondary N) is 1. The van der Waals surface area contributed by atoms with E-state index in [9.17, 15) is 8.42 Å². The largest absolute Gasteiger partial charge is 0.389 e. The fourth-order valence-corrected chi connectivity index (χ4v) is 3.80. The SMILES string of the molecule is Cc1cc(C(N)=S)ccc1S(=O)(=O)NC(C)CC(C)C. The van der Waals surface area contributed by atoms with Crippen molar-refractivity contribution >= 4 is 27.2 Å². The van der Waals surface area contributed by atoms with Crippen molar-refractivity contribution in [1.29, 1.82) is 0 Å². The molecule has 1 atom stereocenters. The van der Waals surface area contributed by atoms with E-state index in [0.717, 1.165) is 6.42 Å². The van der Waals surface area contributed by atoms with Crippen LogP contribution in [0.2, 0.25) is 0 Å². The van der Waals surface area contributed by atoms with Crippen LogP contribution in [0.15, 0.2) is 23.1 Å². The number of thiocarbonyl (C=S) groups is 1. The van der Waals surface area contributed by atoms with Gasteiger partial charge in [0.25, 0.3) is 0 Å². The minimum Gasteiger partial charge on any atom is -0.389 e. The highest BCUT2D eigenvalue weighted by Crippen LogP contribution is 2.18. The van der Waals surface area contributed by atoms with Gasteiger partial charge in [-0.15, -0.1) is 0 Å². The lowest BCUT2D eigenvalue weighted by Gasteiger charge is -2.17. The molecule has 0 aliphatic heterocycles. The van der Waals surface area contributed by atoms with Crippen LogP contribution >= 0.6 is 12.2 Å². The van der Waals surface area contributed by atoms with Crippen LogP contribution in [-0.4, -0.2) is 19.4 Å². The van der Waals surface area contributed by atoms with Crippen LogP contribution in [0.5, 0.6) is 0 Å². The lowest BCUT2D eigenvalue weighted by atomic mass is 10.1. The van der Waals surface area contributed by atoms with Crippen molar-refractivity contribution < 1.29 is 8.42 Å². The standard InChI is InChI=1S/C14H22N2O2S2/c1-9(2)7-11(4)16-20(17,18)13-6-5-12(14(15)19)8-10(13)3/h5-6,8-9,11,16H,7H2,1-4H3,(H2,15,19). The lowest BCUT2D eigenvalue weighted by molar-refractivity contribution is 0.482. The molecule has 0 aromatic heterocycles. The molecule has 3 N–H and O–H groups in total. The van der Waals surface area contributed by atoms with E-state index in [1.165, 1.54) is 0 Å². The summed E-state index contributed by atoms with van der Waals surface area (Å²) in [7, 11) is -3.51. The van der Waals surface area contributed by atoms with Crippen LogP contribution in [0.1, 0.15) is 38.3 Å². The quantitative estimate of drug-likeness (QED) is 0.791. The Morgan fingerprint density at radius 2 is 1.95 bits per heavy atom. The van der Waals surface area contributed by atoms with E-state index in [0.29, 0.717) is 17.0 Å². The van der Waals surface area contributed by atoms with E-state index in [1.807, 2.05) is 6.92 Å². The molecule has 112 valence electrons. The van der Waals surface area contributed by atoms with E-state index in [4.69, 9.17) is 18.0 Å². The normalized spacial score (nSPS) is 13.4. The summed E-state index contributed by atoms with van der Waals surface area (Å²) in [4.78, 5) is 0.534. The van der Waals surface area contributed by atoms with Crippen molar-refractivity contribution in [1.82, 2.24) is 4.72 Å². The summed E-state index contributed by atoms with van der Waals surface area (Å²) in [6.45, 7) is 7.74. The van der Waals surface area contributed by atoms with Crippen molar-refractivity contribution in [2.75, 3.05) is 0 Å². The topological polar surface area (TPSA) is 72.2 Å². The minimum absolute atomic E-state index is 0.102. The Hall–Kier alpha value is -0.980. The van der Waals surface area contributed by atoms with Gasteiger partial charge in [0.1, 0.15) is 4.99 Å². The van der Waals surface area contributed by atoms with Crippen LogP contribution in [0.25, 0.3) is 0 Å². The molecule has 0 bridgehead atoms. The third-order valence-electron chi connectivity index (χ3n) is 2.93. The maximum absolute atomic E-state index is 12.4. The first-order valence-electron chi connectivity index (χ1n) is 6.56. The van der Waals surface area contributed by atoms with Gasteiger partial charge in [0, 0.05) is 11.6 Å². The molecule has 1 aromatic carbocycles. The molecule has 0 amide bonds. The highest BCUT2D eigenvalue weighted by Gasteiger charge is 2.20. The summed E-state index contributed by atoms with van der Waals surface area (Å²) in [6.07, 6.45) is 0.795. The molecule has 0 radical (unpaired) electrons. The summed E-state index contributed by atoms with van der Waals surface area (Å²) in [5.41, 5.74) is 6.86. The van der Waals surface area contributed by atoms with E-state index in [2.05, 4.69) is 18.6 Å². The van der Waals surface area contributed by atoms with Crippen molar-refractivity contribution in [3.8, 4) is 0 Å². The second-order valence-electron chi connectivity index (χ2n) is 5.50. The molecule has 4 nitrogen and oxygen atoms in total. The summed E-state index contributed by atoms with van der Waals surface area (Å²) >= 11 is 4.89. The molecule has 0 saturated carbocycles. The lowest BCUT2D eigenvalue weighted by Crippen LogP contribution is -2.34. The minimum atomic E-state index is -3.51. The Labute approximate surface area is 126 Å². The van der Waals surface area contributed by atoms with Crippen molar-refractivity contribution in [3.63, 3.8) is 0 Å². The molecule has 0 heterocycles. The molecule has 1 unspecified atom stereocenters. The predicted molar refractivity (Wildman–Crippen MR) is 86.3 cm³/mol. The summed E-state index contributed by atoms with van der Waals surface area (Å²) in [5, 5.41) is 0. The van der Waals surface area contributed by atoms with Crippen LogP contribution in [0, 0.1) is 12.8 Å². The van der Waals surface area contributed by atoms with Crippen LogP contribution in [0.3, 0.4) is 0 Å². The van der Waals surface area contributed by atoms with Gasteiger partial charge in [-0.2, -0.15) is 0 Å². The monoisotopic (exact) mass is 314 g/mol. The first kappa shape index (κ1) is 17.1. The fourth-order valence-electron chi connectivity index (χ4n) is 2.19. The Bertz CT molecular complexity index is 595. The first-order valence-corrected chi connectivity index (χ1v) is 8.45. The molecule has 0 aliphatic rings. The zero-order chi connectivity index (χ0) is 15.5. The van der Waals surface area contributed by atoms with Gasteiger partial charge >= 0.3 is 0 Å². The Kier molecular flexibility index (Phi) is 5.68. The summed E-state index contributed by atoms with van der Waals surface area (Å²) < 4.78 is 27.4. The number of hydrogen-bond donors (Lipinski definition) is 2. The molecular weight excluding hydrogens is 292 g/mol. The fraction of sp³-hybridized carbons (Fsp3) is 0.500. The van der Waals surface area contributed by atoms with Crippen molar-refractivity contribution in [2.24, 2.45) is 11.7 Å². The van der Waals surface area contributed by atoms with E-state index in [1.54, 1.807) is 25.1 Å². The third kappa shape index (κ3) is 4.54. The molecule has 0 saturated heterocycles. The Morgan fingerprint density at radius 1 is 1.35 bits per heavy atom. The predicted octanol–water partition coefficient (Wildman–Crippen LogP) is 2.34. The Balaban J connectivity index is 3.01. The molecule has 0 aliphatic carbocycles. The van der Waals surface area contributed by atoms with Crippen LogP contribution in [-0.2, 0) is 10.0 Å². The van der Waals surface area contributed by atoms with E-state index >= 15 is 0 Å². The van der Waals surface area contributed by atoms with Crippen LogP contribution in [0.4, 0.5) is 0 Å². The zero-order valence-electron chi connectivity index (χ0n) is 12.3. The van der Waals surface area contributed by atoms with E-state index < -0.39 is 10.0 Å². The number of nitrogens with two attached hydrogens (primary N) is 1. The second kappa shape index (κ2) is 6.65. The van der Waals surface area contributed by atoms with Crippen molar-refractivity contribution in [2.45, 2.75) is 45.1 Å². The Morgan fingerprint density at radius 3 is 2.40 bits per heavy atom. The number of aryl methyl sites for hydroxylation is 1. The molecule has 20 heavy (non-hydrogen) atoms.